The Balaban J connectivity index is 1.96. The Kier molecular flexibility index (Phi) is 2.68. The SMILES string of the molecule is Cc1ccc(NC(=S)N2CCC2)cc1. The molecule has 2 nitrogen and oxygen atoms in total. The van der Waals surface area contributed by atoms with E-state index in [-0.39, 0.29) is 0 Å². The van der Waals surface area contributed by atoms with E-state index in [0.717, 1.165) is 23.9 Å². The molecule has 0 bridgehead atoms. The summed E-state index contributed by atoms with van der Waals surface area (Å²) in [4.78, 5) is 2.18. The van der Waals surface area contributed by atoms with Crippen LogP contribution in [-0.4, -0.2) is 23.1 Å². The first-order chi connectivity index (χ1) is 6.75. The molecule has 14 heavy (non-hydrogen) atoms. The molecule has 0 amide bonds. The van der Waals surface area contributed by atoms with E-state index in [0.29, 0.717) is 0 Å². The first-order valence-corrected chi connectivity index (χ1v) is 5.29. The molecule has 0 spiro atoms. The Morgan fingerprint density at radius 2 is 1.93 bits per heavy atom. The van der Waals surface area contributed by atoms with Crippen LogP contribution >= 0.6 is 12.2 Å². The number of thiocarbonyl (C=S) groups is 1. The van der Waals surface area contributed by atoms with Gasteiger partial charge in [-0.25, -0.2) is 0 Å². The van der Waals surface area contributed by atoms with E-state index in [1.165, 1.54) is 12.0 Å². The fraction of sp³-hybridized carbons (Fsp3) is 0.364. The van der Waals surface area contributed by atoms with Crippen LogP contribution in [0, 0.1) is 6.92 Å². The number of likely N-dealkylation sites (tertiary alicyclic amines) is 1. The molecule has 1 saturated heterocycles. The van der Waals surface area contributed by atoms with Gasteiger partial charge in [-0.2, -0.15) is 0 Å². The Bertz CT molecular complexity index is 328. The lowest BCUT2D eigenvalue weighted by molar-refractivity contribution is 0.305. The molecule has 74 valence electrons. The van der Waals surface area contributed by atoms with Crippen LogP contribution in [0.15, 0.2) is 24.3 Å². The van der Waals surface area contributed by atoms with Crippen molar-refractivity contribution in [2.24, 2.45) is 0 Å². The largest absolute Gasteiger partial charge is 0.349 e. The predicted molar refractivity (Wildman–Crippen MR) is 63.6 cm³/mol. The zero-order valence-electron chi connectivity index (χ0n) is 8.29. The number of benzene rings is 1. The molecule has 2 rings (SSSR count). The highest BCUT2D eigenvalue weighted by Crippen LogP contribution is 2.12. The van der Waals surface area contributed by atoms with Gasteiger partial charge in [-0.15, -0.1) is 0 Å². The van der Waals surface area contributed by atoms with Crippen LogP contribution in [0.5, 0.6) is 0 Å². The Hall–Kier alpha value is -1.09. The molecule has 1 aliphatic heterocycles. The van der Waals surface area contributed by atoms with E-state index in [1.807, 2.05) is 0 Å². The summed E-state index contributed by atoms with van der Waals surface area (Å²) in [6, 6.07) is 8.28. The first-order valence-electron chi connectivity index (χ1n) is 4.88. The third kappa shape index (κ3) is 2.04. The minimum absolute atomic E-state index is 0.847. The van der Waals surface area contributed by atoms with Gasteiger partial charge in [0.15, 0.2) is 5.11 Å². The fourth-order valence-electron chi connectivity index (χ4n) is 1.36. The van der Waals surface area contributed by atoms with Crippen molar-refractivity contribution in [2.75, 3.05) is 18.4 Å². The lowest BCUT2D eigenvalue weighted by Gasteiger charge is -2.33. The van der Waals surface area contributed by atoms with Gasteiger partial charge >= 0.3 is 0 Å². The van der Waals surface area contributed by atoms with Crippen molar-refractivity contribution in [3.05, 3.63) is 29.8 Å². The van der Waals surface area contributed by atoms with Crippen LogP contribution in [0.25, 0.3) is 0 Å². The van der Waals surface area contributed by atoms with Gasteiger partial charge in [-0.3, -0.25) is 0 Å². The number of rotatable bonds is 1. The van der Waals surface area contributed by atoms with Crippen molar-refractivity contribution in [2.45, 2.75) is 13.3 Å². The molecule has 0 saturated carbocycles. The van der Waals surface area contributed by atoms with Gasteiger partial charge in [0.25, 0.3) is 0 Å². The molecule has 3 heteroatoms. The molecule has 1 aliphatic rings. The molecule has 0 radical (unpaired) electrons. The average molecular weight is 206 g/mol. The second-order valence-electron chi connectivity index (χ2n) is 3.64. The van der Waals surface area contributed by atoms with Gasteiger partial charge in [0.2, 0.25) is 0 Å². The monoisotopic (exact) mass is 206 g/mol. The highest BCUT2D eigenvalue weighted by molar-refractivity contribution is 7.80. The summed E-state index contributed by atoms with van der Waals surface area (Å²) in [5, 5.41) is 4.08. The minimum atomic E-state index is 0.847. The van der Waals surface area contributed by atoms with Crippen molar-refractivity contribution >= 4 is 23.0 Å². The number of hydrogen-bond donors (Lipinski definition) is 1. The molecule has 1 heterocycles. The number of anilines is 1. The topological polar surface area (TPSA) is 15.3 Å². The van der Waals surface area contributed by atoms with Crippen molar-refractivity contribution in [3.63, 3.8) is 0 Å². The summed E-state index contributed by atoms with van der Waals surface area (Å²) in [5.74, 6) is 0. The molecule has 1 aromatic rings. The summed E-state index contributed by atoms with van der Waals surface area (Å²) in [5.41, 5.74) is 2.35. The molecular weight excluding hydrogens is 192 g/mol. The number of nitrogens with zero attached hydrogens (tertiary/aromatic N) is 1. The summed E-state index contributed by atoms with van der Waals surface area (Å²) in [6.45, 7) is 4.27. The van der Waals surface area contributed by atoms with Crippen LogP contribution in [0.1, 0.15) is 12.0 Å². The van der Waals surface area contributed by atoms with Crippen molar-refractivity contribution in [3.8, 4) is 0 Å². The maximum Gasteiger partial charge on any atom is 0.173 e. The van der Waals surface area contributed by atoms with Crippen LogP contribution in [-0.2, 0) is 0 Å². The number of hydrogen-bond acceptors (Lipinski definition) is 1. The average Bonchev–Trinajstić information content (AvgIpc) is 2.06. The highest BCUT2D eigenvalue weighted by atomic mass is 32.1. The van der Waals surface area contributed by atoms with Crippen molar-refractivity contribution in [1.82, 2.24) is 4.90 Å². The second-order valence-corrected chi connectivity index (χ2v) is 4.02. The minimum Gasteiger partial charge on any atom is -0.349 e. The molecule has 1 fully saturated rings. The molecular formula is C11H14N2S. The van der Waals surface area contributed by atoms with Gasteiger partial charge in [0.1, 0.15) is 0 Å². The smallest absolute Gasteiger partial charge is 0.173 e. The number of nitrogens with one attached hydrogen (secondary N) is 1. The summed E-state index contributed by atoms with van der Waals surface area (Å²) < 4.78 is 0. The number of aryl methyl sites for hydroxylation is 1. The van der Waals surface area contributed by atoms with Gasteiger partial charge in [0.05, 0.1) is 0 Å². The molecule has 1 aromatic carbocycles. The second kappa shape index (κ2) is 3.96. The molecule has 0 atom stereocenters. The third-order valence-electron chi connectivity index (χ3n) is 2.45. The van der Waals surface area contributed by atoms with E-state index in [2.05, 4.69) is 41.4 Å². The van der Waals surface area contributed by atoms with Crippen LogP contribution in [0.3, 0.4) is 0 Å². The first kappa shape index (κ1) is 9.46. The zero-order chi connectivity index (χ0) is 9.97. The molecule has 1 N–H and O–H groups in total. The maximum absolute atomic E-state index is 5.26. The van der Waals surface area contributed by atoms with Crippen LogP contribution < -0.4 is 5.32 Å². The van der Waals surface area contributed by atoms with Gasteiger partial charge in [-0.05, 0) is 37.7 Å². The van der Waals surface area contributed by atoms with Crippen molar-refractivity contribution in [1.29, 1.82) is 0 Å². The van der Waals surface area contributed by atoms with Crippen molar-refractivity contribution < 1.29 is 0 Å². The summed E-state index contributed by atoms with van der Waals surface area (Å²) >= 11 is 5.26. The van der Waals surface area contributed by atoms with E-state index in [4.69, 9.17) is 12.2 Å². The van der Waals surface area contributed by atoms with Crippen LogP contribution in [0.4, 0.5) is 5.69 Å². The summed E-state index contributed by atoms with van der Waals surface area (Å²) in [6.07, 6.45) is 1.26. The normalized spacial score (nSPS) is 14.8. The molecule has 0 unspecified atom stereocenters. The molecule has 0 aromatic heterocycles. The predicted octanol–water partition coefficient (Wildman–Crippen LogP) is 2.40. The van der Waals surface area contributed by atoms with Gasteiger partial charge in [-0.1, -0.05) is 17.7 Å². The Labute approximate surface area is 89.9 Å². The standard InChI is InChI=1S/C11H14N2S/c1-9-3-5-10(6-4-9)12-11(14)13-7-2-8-13/h3-6H,2,7-8H2,1H3,(H,12,14). The van der Waals surface area contributed by atoms with Crippen LogP contribution in [0.2, 0.25) is 0 Å². The lowest BCUT2D eigenvalue weighted by Crippen LogP contribution is -2.44. The molecule has 0 aliphatic carbocycles. The van der Waals surface area contributed by atoms with E-state index < -0.39 is 0 Å². The summed E-state index contributed by atoms with van der Waals surface area (Å²) in [7, 11) is 0. The van der Waals surface area contributed by atoms with E-state index in [1.54, 1.807) is 0 Å². The quantitative estimate of drug-likeness (QED) is 0.710. The van der Waals surface area contributed by atoms with Gasteiger partial charge < -0.3 is 10.2 Å². The van der Waals surface area contributed by atoms with E-state index in [9.17, 15) is 0 Å². The van der Waals surface area contributed by atoms with E-state index >= 15 is 0 Å². The maximum atomic E-state index is 5.26. The fourth-order valence-corrected chi connectivity index (χ4v) is 1.66. The highest BCUT2D eigenvalue weighted by Gasteiger charge is 2.16. The third-order valence-corrected chi connectivity index (χ3v) is 2.81. The zero-order valence-corrected chi connectivity index (χ0v) is 9.10. The lowest BCUT2D eigenvalue weighted by atomic mass is 10.2. The van der Waals surface area contributed by atoms with Gasteiger partial charge in [0, 0.05) is 18.8 Å². The Morgan fingerprint density at radius 1 is 1.29 bits per heavy atom. The Morgan fingerprint density at radius 3 is 2.43 bits per heavy atom.